The Morgan fingerprint density at radius 1 is 1.08 bits per heavy atom. The van der Waals surface area contributed by atoms with Crippen molar-refractivity contribution in [3.63, 3.8) is 0 Å². The first-order valence-electron chi connectivity index (χ1n) is 11.2. The van der Waals surface area contributed by atoms with Gasteiger partial charge in [-0.3, -0.25) is 9.80 Å². The van der Waals surface area contributed by atoms with Crippen LogP contribution in [0.4, 0.5) is 29.1 Å². The van der Waals surface area contributed by atoms with Crippen LogP contribution in [-0.2, 0) is 9.53 Å². The third kappa shape index (κ3) is 4.92. The molecule has 3 heterocycles. The molecule has 1 saturated heterocycles. The van der Waals surface area contributed by atoms with Gasteiger partial charge in [-0.05, 0) is 30.3 Å². The Morgan fingerprint density at radius 3 is 2.34 bits per heavy atom. The second kappa shape index (κ2) is 10.2. The van der Waals surface area contributed by atoms with Gasteiger partial charge in [-0.15, -0.1) is 0 Å². The van der Waals surface area contributed by atoms with Crippen molar-refractivity contribution in [2.45, 2.75) is 11.8 Å². The van der Waals surface area contributed by atoms with Crippen molar-refractivity contribution >= 4 is 22.9 Å². The van der Waals surface area contributed by atoms with E-state index in [1.807, 2.05) is 30.3 Å². The fourth-order valence-corrected chi connectivity index (χ4v) is 3.85. The van der Waals surface area contributed by atoms with E-state index in [0.717, 1.165) is 16.1 Å². The number of carbonyl (C=O) groups is 1. The summed E-state index contributed by atoms with van der Waals surface area (Å²) in [5.41, 5.74) is 1.32. The summed E-state index contributed by atoms with van der Waals surface area (Å²) in [6.45, 7) is 1.48. The Kier molecular flexibility index (Phi) is 7.14. The van der Waals surface area contributed by atoms with Gasteiger partial charge in [0.25, 0.3) is 0 Å². The number of hydrogen-bond donors (Lipinski definition) is 1. The summed E-state index contributed by atoms with van der Waals surface area (Å²) in [5.74, 6) is -3.36. The monoisotopic (exact) mass is 532 g/mol. The minimum atomic E-state index is -4.20. The zero-order chi connectivity index (χ0) is 27.7. The molecule has 0 radical (unpaired) electrons. The third-order valence-electron chi connectivity index (χ3n) is 5.86. The number of alkyl halides is 4. The van der Waals surface area contributed by atoms with Crippen molar-refractivity contribution in [1.29, 1.82) is 0 Å². The summed E-state index contributed by atoms with van der Waals surface area (Å²) in [6, 6.07) is 13.3. The van der Waals surface area contributed by atoms with Crippen LogP contribution in [0.15, 0.2) is 73.3 Å². The average molecular weight is 532 g/mol. The van der Waals surface area contributed by atoms with Crippen LogP contribution in [0, 0.1) is 0 Å². The minimum absolute atomic E-state index is 0.0733. The van der Waals surface area contributed by atoms with Crippen LogP contribution in [0.5, 0.6) is 5.88 Å². The topological polar surface area (TPSA) is 98.7 Å². The molecule has 1 fully saturated rings. The fraction of sp³-hybridized carbons (Fsp3) is 0.240. The summed E-state index contributed by atoms with van der Waals surface area (Å²) in [4.78, 5) is 18.0. The quantitative estimate of drug-likeness (QED) is 0.146. The SMILES string of the molecule is C=C(C(=O)/C(=C\N(N)c1ccc(N2CC(F)(F)C(F)(F)C2)nc1OC)OC)c1ccnn1-c1ccccc1. The molecule has 0 saturated carbocycles. The number of allylic oxidation sites excluding steroid dienone is 1. The highest BCUT2D eigenvalue weighted by Crippen LogP contribution is 2.43. The number of halogens is 4. The summed E-state index contributed by atoms with van der Waals surface area (Å²) in [5, 5.41) is 5.22. The molecule has 0 atom stereocenters. The van der Waals surface area contributed by atoms with Gasteiger partial charge in [0.05, 0.1) is 51.1 Å². The zero-order valence-electron chi connectivity index (χ0n) is 20.4. The molecular formula is C25H24F4N6O3. The van der Waals surface area contributed by atoms with Gasteiger partial charge >= 0.3 is 11.8 Å². The van der Waals surface area contributed by atoms with E-state index in [1.165, 1.54) is 32.5 Å². The zero-order valence-corrected chi connectivity index (χ0v) is 20.4. The molecule has 13 heteroatoms. The molecule has 1 aromatic carbocycles. The van der Waals surface area contributed by atoms with E-state index >= 15 is 0 Å². The Hall–Kier alpha value is -4.39. The van der Waals surface area contributed by atoms with E-state index in [-0.39, 0.29) is 28.7 Å². The van der Waals surface area contributed by atoms with Gasteiger partial charge in [-0.1, -0.05) is 24.8 Å². The van der Waals surface area contributed by atoms with Gasteiger partial charge in [0.2, 0.25) is 11.7 Å². The number of para-hydroxylation sites is 1. The lowest BCUT2D eigenvalue weighted by Crippen LogP contribution is -2.38. The lowest BCUT2D eigenvalue weighted by atomic mass is 10.1. The maximum Gasteiger partial charge on any atom is 0.329 e. The number of hydrazine groups is 1. The molecule has 3 aromatic rings. The van der Waals surface area contributed by atoms with E-state index < -0.39 is 30.7 Å². The summed E-state index contributed by atoms with van der Waals surface area (Å²) in [7, 11) is 2.51. The number of anilines is 2. The summed E-state index contributed by atoms with van der Waals surface area (Å²) in [6.07, 6.45) is 2.69. The molecule has 2 N–H and O–H groups in total. The van der Waals surface area contributed by atoms with Crippen LogP contribution in [0.25, 0.3) is 11.3 Å². The number of carbonyl (C=O) groups excluding carboxylic acids is 1. The molecular weight excluding hydrogens is 508 g/mol. The molecule has 0 aliphatic carbocycles. The number of pyridine rings is 1. The Balaban J connectivity index is 1.58. The molecule has 9 nitrogen and oxygen atoms in total. The maximum atomic E-state index is 13.6. The number of rotatable bonds is 9. The molecule has 0 spiro atoms. The van der Waals surface area contributed by atoms with Crippen LogP contribution in [0.3, 0.4) is 0 Å². The van der Waals surface area contributed by atoms with Crippen LogP contribution in [-0.4, -0.2) is 59.7 Å². The predicted octanol–water partition coefficient (Wildman–Crippen LogP) is 3.82. The van der Waals surface area contributed by atoms with Crippen LogP contribution in [0.2, 0.25) is 0 Å². The first kappa shape index (κ1) is 26.7. The van der Waals surface area contributed by atoms with Gasteiger partial charge in [-0.2, -0.15) is 27.6 Å². The number of nitrogens with two attached hydrogens (primary N) is 1. The highest BCUT2D eigenvalue weighted by Gasteiger charge is 2.63. The normalized spacial score (nSPS) is 16.3. The average Bonchev–Trinajstić information content (AvgIpc) is 3.48. The summed E-state index contributed by atoms with van der Waals surface area (Å²) < 4.78 is 66.6. The molecule has 4 rings (SSSR count). The highest BCUT2D eigenvalue weighted by molar-refractivity contribution is 6.27. The molecule has 1 aliphatic rings. The van der Waals surface area contributed by atoms with E-state index in [0.29, 0.717) is 11.4 Å². The van der Waals surface area contributed by atoms with E-state index in [1.54, 1.807) is 10.7 Å². The summed E-state index contributed by atoms with van der Waals surface area (Å²) >= 11 is 0. The number of hydrogen-bond acceptors (Lipinski definition) is 8. The van der Waals surface area contributed by atoms with Crippen molar-refractivity contribution in [3.05, 3.63) is 79.0 Å². The number of methoxy groups -OCH3 is 2. The number of Topliss-reactive ketones (excluding diaryl/α,β-unsaturated/α-hetero) is 1. The molecule has 0 bridgehead atoms. The van der Waals surface area contributed by atoms with Crippen LogP contribution < -0.4 is 20.5 Å². The highest BCUT2D eigenvalue weighted by atomic mass is 19.3. The van der Waals surface area contributed by atoms with Gasteiger partial charge in [0.15, 0.2) is 5.76 Å². The number of nitrogens with zero attached hydrogens (tertiary/aromatic N) is 5. The number of ketones is 1. The van der Waals surface area contributed by atoms with Crippen molar-refractivity contribution in [2.24, 2.45) is 5.84 Å². The molecule has 38 heavy (non-hydrogen) atoms. The fourth-order valence-electron chi connectivity index (χ4n) is 3.85. The van der Waals surface area contributed by atoms with E-state index in [9.17, 15) is 22.4 Å². The second-order valence-corrected chi connectivity index (χ2v) is 8.34. The van der Waals surface area contributed by atoms with Gasteiger partial charge in [0.1, 0.15) is 11.5 Å². The number of ether oxygens (including phenoxy) is 2. The molecule has 2 aromatic heterocycles. The predicted molar refractivity (Wildman–Crippen MR) is 132 cm³/mol. The minimum Gasteiger partial charge on any atom is -0.491 e. The smallest absolute Gasteiger partial charge is 0.329 e. The van der Waals surface area contributed by atoms with Crippen molar-refractivity contribution in [3.8, 4) is 11.6 Å². The van der Waals surface area contributed by atoms with Gasteiger partial charge < -0.3 is 14.4 Å². The van der Waals surface area contributed by atoms with Crippen LogP contribution in [0.1, 0.15) is 5.69 Å². The lowest BCUT2D eigenvalue weighted by molar-refractivity contribution is -0.172. The standard InChI is InChI=1S/C25H24F4N6O3/c1-16(18-11-12-31-35(18)17-7-5-4-6-8-17)22(36)20(37-2)13-34(30)19-9-10-21(32-23(19)38-3)33-14-24(26,27)25(28,29)15-33/h4-13H,1,14-15,30H2,2-3H3/b20-13+. The second-order valence-electron chi connectivity index (χ2n) is 8.34. The molecule has 1 aliphatic heterocycles. The number of aromatic nitrogens is 3. The molecule has 0 unspecified atom stereocenters. The third-order valence-corrected chi connectivity index (χ3v) is 5.86. The van der Waals surface area contributed by atoms with Crippen molar-refractivity contribution in [2.75, 3.05) is 37.2 Å². The largest absolute Gasteiger partial charge is 0.491 e. The first-order valence-corrected chi connectivity index (χ1v) is 11.2. The Bertz CT molecular complexity index is 1360. The van der Waals surface area contributed by atoms with Crippen LogP contribution >= 0.6 is 0 Å². The Morgan fingerprint density at radius 2 is 1.74 bits per heavy atom. The maximum absolute atomic E-state index is 13.6. The molecule has 200 valence electrons. The lowest BCUT2D eigenvalue weighted by Gasteiger charge is -2.21. The van der Waals surface area contributed by atoms with Crippen molar-refractivity contribution in [1.82, 2.24) is 14.8 Å². The van der Waals surface area contributed by atoms with E-state index in [2.05, 4.69) is 16.7 Å². The van der Waals surface area contributed by atoms with Crippen molar-refractivity contribution < 1.29 is 31.8 Å². The first-order chi connectivity index (χ1) is 18.0. The van der Waals surface area contributed by atoms with E-state index in [4.69, 9.17) is 15.3 Å². The van der Waals surface area contributed by atoms with Gasteiger partial charge in [0, 0.05) is 5.57 Å². The van der Waals surface area contributed by atoms with Gasteiger partial charge in [-0.25, -0.2) is 10.5 Å². The number of benzene rings is 1. The Labute approximate surface area is 215 Å². The molecule has 0 amide bonds.